The molecule has 0 aliphatic rings. The predicted molar refractivity (Wildman–Crippen MR) is 57.0 cm³/mol. The number of alkyl halides is 1. The maximum Gasteiger partial charge on any atom is 0.237 e. The molecule has 3 heteroatoms. The Morgan fingerprint density at radius 3 is 2.15 bits per heavy atom. The average Bonchev–Trinajstić information content (AvgIpc) is 2.00. The molecule has 0 heterocycles. The van der Waals surface area contributed by atoms with E-state index in [2.05, 4.69) is 19.2 Å². The van der Waals surface area contributed by atoms with E-state index in [1.807, 2.05) is 6.92 Å². The molecular weight excluding hydrogens is 186 g/mol. The standard InChI is InChI=1S/C10H20ClNO/c1-7(2)5-6-8(3)12-10(13)9(4)11/h7-9H,5-6H2,1-4H3,(H,12,13). The first-order valence-electron chi connectivity index (χ1n) is 4.88. The lowest BCUT2D eigenvalue weighted by atomic mass is 10.0. The Kier molecular flexibility index (Phi) is 6.13. The van der Waals surface area contributed by atoms with Gasteiger partial charge in [0.15, 0.2) is 0 Å². The van der Waals surface area contributed by atoms with Crippen molar-refractivity contribution in [2.24, 2.45) is 5.92 Å². The van der Waals surface area contributed by atoms with Crippen molar-refractivity contribution in [3.63, 3.8) is 0 Å². The lowest BCUT2D eigenvalue weighted by Gasteiger charge is -2.15. The number of hydrogen-bond acceptors (Lipinski definition) is 1. The van der Waals surface area contributed by atoms with E-state index >= 15 is 0 Å². The van der Waals surface area contributed by atoms with Crippen LogP contribution in [0.1, 0.15) is 40.5 Å². The van der Waals surface area contributed by atoms with Gasteiger partial charge in [0.25, 0.3) is 0 Å². The minimum Gasteiger partial charge on any atom is -0.352 e. The highest BCUT2D eigenvalue weighted by Gasteiger charge is 2.12. The van der Waals surface area contributed by atoms with E-state index < -0.39 is 5.38 Å². The van der Waals surface area contributed by atoms with Gasteiger partial charge in [0.1, 0.15) is 5.38 Å². The Morgan fingerprint density at radius 2 is 1.77 bits per heavy atom. The van der Waals surface area contributed by atoms with Gasteiger partial charge in [0, 0.05) is 6.04 Å². The fourth-order valence-electron chi connectivity index (χ4n) is 1.01. The van der Waals surface area contributed by atoms with Crippen LogP contribution < -0.4 is 5.32 Å². The van der Waals surface area contributed by atoms with Crippen molar-refractivity contribution in [1.29, 1.82) is 0 Å². The first-order valence-corrected chi connectivity index (χ1v) is 5.31. The molecule has 2 unspecified atom stereocenters. The third-order valence-corrected chi connectivity index (χ3v) is 2.13. The molecule has 2 nitrogen and oxygen atoms in total. The van der Waals surface area contributed by atoms with Crippen LogP contribution in [0, 0.1) is 5.92 Å². The zero-order valence-electron chi connectivity index (χ0n) is 8.93. The molecule has 0 aromatic carbocycles. The lowest BCUT2D eigenvalue weighted by molar-refractivity contribution is -0.121. The minimum atomic E-state index is -0.429. The molecule has 0 rings (SSSR count). The molecule has 1 N–H and O–H groups in total. The Bertz CT molecular complexity index is 157. The maximum absolute atomic E-state index is 11.2. The van der Waals surface area contributed by atoms with Crippen molar-refractivity contribution in [3.8, 4) is 0 Å². The van der Waals surface area contributed by atoms with Gasteiger partial charge >= 0.3 is 0 Å². The highest BCUT2D eigenvalue weighted by molar-refractivity contribution is 6.30. The van der Waals surface area contributed by atoms with Crippen LogP contribution in [0.25, 0.3) is 0 Å². The van der Waals surface area contributed by atoms with Crippen LogP contribution in [0.5, 0.6) is 0 Å². The summed E-state index contributed by atoms with van der Waals surface area (Å²) in [5.74, 6) is 0.616. The summed E-state index contributed by atoms with van der Waals surface area (Å²) >= 11 is 5.62. The molecule has 1 amide bonds. The quantitative estimate of drug-likeness (QED) is 0.687. The largest absolute Gasteiger partial charge is 0.352 e. The highest BCUT2D eigenvalue weighted by Crippen LogP contribution is 2.06. The smallest absolute Gasteiger partial charge is 0.237 e. The zero-order chi connectivity index (χ0) is 10.4. The average molecular weight is 206 g/mol. The van der Waals surface area contributed by atoms with Gasteiger partial charge in [-0.15, -0.1) is 11.6 Å². The molecule has 0 spiro atoms. The fourth-order valence-corrected chi connectivity index (χ4v) is 1.08. The molecule has 0 aromatic rings. The second kappa shape index (κ2) is 6.25. The van der Waals surface area contributed by atoms with Crippen molar-refractivity contribution in [2.45, 2.75) is 52.0 Å². The van der Waals surface area contributed by atoms with Crippen LogP contribution in [0.4, 0.5) is 0 Å². The SMILES string of the molecule is CC(C)CCC(C)NC(=O)C(C)Cl. The summed E-state index contributed by atoms with van der Waals surface area (Å²) < 4.78 is 0. The molecule has 0 saturated heterocycles. The van der Waals surface area contributed by atoms with Crippen LogP contribution in [0.3, 0.4) is 0 Å². The van der Waals surface area contributed by atoms with Crippen molar-refractivity contribution in [1.82, 2.24) is 5.32 Å². The van der Waals surface area contributed by atoms with Crippen LogP contribution in [0.15, 0.2) is 0 Å². The van der Waals surface area contributed by atoms with Gasteiger partial charge in [-0.05, 0) is 32.6 Å². The van der Waals surface area contributed by atoms with Crippen LogP contribution in [0.2, 0.25) is 0 Å². The summed E-state index contributed by atoms with van der Waals surface area (Å²) in [4.78, 5) is 11.2. The molecular formula is C10H20ClNO. The van der Waals surface area contributed by atoms with E-state index in [0.29, 0.717) is 5.92 Å². The number of halogens is 1. The third kappa shape index (κ3) is 6.88. The van der Waals surface area contributed by atoms with Crippen molar-refractivity contribution in [3.05, 3.63) is 0 Å². The maximum atomic E-state index is 11.2. The Labute approximate surface area is 86.0 Å². The highest BCUT2D eigenvalue weighted by atomic mass is 35.5. The normalized spacial score (nSPS) is 15.5. The van der Waals surface area contributed by atoms with Crippen molar-refractivity contribution < 1.29 is 4.79 Å². The third-order valence-electron chi connectivity index (χ3n) is 1.93. The first-order chi connectivity index (χ1) is 5.93. The molecule has 0 aromatic heterocycles. The molecule has 2 atom stereocenters. The van der Waals surface area contributed by atoms with Crippen LogP contribution in [-0.4, -0.2) is 17.3 Å². The number of nitrogens with one attached hydrogen (secondary N) is 1. The zero-order valence-corrected chi connectivity index (χ0v) is 9.69. The number of amides is 1. The molecule has 0 radical (unpaired) electrons. The predicted octanol–water partition coefficient (Wildman–Crippen LogP) is 2.55. The molecule has 78 valence electrons. The molecule has 0 fully saturated rings. The molecule has 0 bridgehead atoms. The van der Waals surface area contributed by atoms with E-state index in [1.165, 1.54) is 0 Å². The van der Waals surface area contributed by atoms with E-state index in [-0.39, 0.29) is 11.9 Å². The topological polar surface area (TPSA) is 29.1 Å². The molecule has 0 aliphatic heterocycles. The molecule has 13 heavy (non-hydrogen) atoms. The summed E-state index contributed by atoms with van der Waals surface area (Å²) in [6.45, 7) is 8.06. The number of rotatable bonds is 5. The monoisotopic (exact) mass is 205 g/mol. The van der Waals surface area contributed by atoms with Gasteiger partial charge in [0.2, 0.25) is 5.91 Å². The summed E-state index contributed by atoms with van der Waals surface area (Å²) in [7, 11) is 0. The Morgan fingerprint density at radius 1 is 1.23 bits per heavy atom. The number of carbonyl (C=O) groups excluding carboxylic acids is 1. The second-order valence-electron chi connectivity index (χ2n) is 4.00. The van der Waals surface area contributed by atoms with Gasteiger partial charge in [-0.2, -0.15) is 0 Å². The number of hydrogen-bond donors (Lipinski definition) is 1. The summed E-state index contributed by atoms with van der Waals surface area (Å²) in [6.07, 6.45) is 2.16. The van der Waals surface area contributed by atoms with Crippen molar-refractivity contribution >= 4 is 17.5 Å². The fraction of sp³-hybridized carbons (Fsp3) is 0.900. The van der Waals surface area contributed by atoms with Gasteiger partial charge < -0.3 is 5.32 Å². The van der Waals surface area contributed by atoms with E-state index in [9.17, 15) is 4.79 Å². The Hall–Kier alpha value is -0.240. The van der Waals surface area contributed by atoms with Gasteiger partial charge in [-0.3, -0.25) is 4.79 Å². The van der Waals surface area contributed by atoms with Gasteiger partial charge in [-0.1, -0.05) is 13.8 Å². The summed E-state index contributed by atoms with van der Waals surface area (Å²) in [5.41, 5.74) is 0. The molecule has 0 saturated carbocycles. The van der Waals surface area contributed by atoms with E-state index in [4.69, 9.17) is 11.6 Å². The summed E-state index contributed by atoms with van der Waals surface area (Å²) in [6, 6.07) is 0.232. The van der Waals surface area contributed by atoms with E-state index in [0.717, 1.165) is 12.8 Å². The van der Waals surface area contributed by atoms with Crippen molar-refractivity contribution in [2.75, 3.05) is 0 Å². The lowest BCUT2D eigenvalue weighted by Crippen LogP contribution is -2.36. The Balaban J connectivity index is 3.62. The summed E-state index contributed by atoms with van der Waals surface area (Å²) in [5, 5.41) is 2.43. The van der Waals surface area contributed by atoms with E-state index in [1.54, 1.807) is 6.92 Å². The van der Waals surface area contributed by atoms with Crippen LogP contribution in [-0.2, 0) is 4.79 Å². The number of carbonyl (C=O) groups is 1. The second-order valence-corrected chi connectivity index (χ2v) is 4.65. The first kappa shape index (κ1) is 12.8. The minimum absolute atomic E-state index is 0.0714. The van der Waals surface area contributed by atoms with Gasteiger partial charge in [-0.25, -0.2) is 0 Å². The van der Waals surface area contributed by atoms with Gasteiger partial charge in [0.05, 0.1) is 0 Å². The van der Waals surface area contributed by atoms with Crippen LogP contribution >= 0.6 is 11.6 Å². The molecule has 0 aliphatic carbocycles.